The Kier molecular flexibility index (Phi) is 6.75. The van der Waals surface area contributed by atoms with Crippen LogP contribution in [0.15, 0.2) is 59.1 Å². The zero-order valence-electron chi connectivity index (χ0n) is 12.6. The van der Waals surface area contributed by atoms with E-state index in [1.807, 2.05) is 0 Å². The number of ketones is 1. The van der Waals surface area contributed by atoms with E-state index in [0.717, 1.165) is 16.2 Å². The number of benzene rings is 2. The number of hydrogen-bond acceptors (Lipinski definition) is 4. The van der Waals surface area contributed by atoms with Gasteiger partial charge in [0.2, 0.25) is 5.12 Å². The number of carbonyl (C=O) groups is 3. The van der Waals surface area contributed by atoms with Gasteiger partial charge in [-0.2, -0.15) is 0 Å². The summed E-state index contributed by atoms with van der Waals surface area (Å²) in [6.45, 7) is 0. The van der Waals surface area contributed by atoms with Crippen LogP contribution in [0.5, 0.6) is 0 Å². The lowest BCUT2D eigenvalue weighted by molar-refractivity contribution is -0.140. The van der Waals surface area contributed by atoms with Crippen LogP contribution in [0.25, 0.3) is 0 Å². The van der Waals surface area contributed by atoms with Gasteiger partial charge in [-0.25, -0.2) is 0 Å². The molecule has 0 saturated heterocycles. The summed E-state index contributed by atoms with van der Waals surface area (Å²) in [5.74, 6) is -2.17. The van der Waals surface area contributed by atoms with Crippen molar-refractivity contribution >= 4 is 44.6 Å². The topological polar surface area (TPSA) is 71.4 Å². The number of hydrogen-bond donors (Lipinski definition) is 1. The molecule has 0 amide bonds. The number of thioether (sulfide) groups is 1. The van der Waals surface area contributed by atoms with E-state index in [-0.39, 0.29) is 23.1 Å². The predicted octanol–water partition coefficient (Wildman–Crippen LogP) is 4.30. The van der Waals surface area contributed by atoms with Gasteiger partial charge in [-0.1, -0.05) is 70.2 Å². The molecule has 124 valence electrons. The molecule has 0 heterocycles. The fraction of sp³-hybridized carbons (Fsp3) is 0.167. The summed E-state index contributed by atoms with van der Waals surface area (Å²) < 4.78 is 0.845. The first-order valence-electron chi connectivity index (χ1n) is 7.21. The van der Waals surface area contributed by atoms with Crippen molar-refractivity contribution in [2.45, 2.75) is 6.42 Å². The summed E-state index contributed by atoms with van der Waals surface area (Å²) >= 11 is 4.21. The molecule has 0 aliphatic carbocycles. The highest BCUT2D eigenvalue weighted by Crippen LogP contribution is 2.20. The molecule has 0 aliphatic rings. The van der Waals surface area contributed by atoms with E-state index >= 15 is 0 Å². The lowest BCUT2D eigenvalue weighted by atomic mass is 10.00. The molecule has 0 radical (unpaired) electrons. The first-order chi connectivity index (χ1) is 11.5. The summed E-state index contributed by atoms with van der Waals surface area (Å²) in [5, 5.41) is 9.12. The van der Waals surface area contributed by atoms with E-state index in [1.165, 1.54) is 0 Å². The van der Waals surface area contributed by atoms with Gasteiger partial charge < -0.3 is 5.11 Å². The highest BCUT2D eigenvalue weighted by Gasteiger charge is 2.23. The highest BCUT2D eigenvalue weighted by atomic mass is 79.9. The lowest BCUT2D eigenvalue weighted by Gasteiger charge is -2.11. The molecule has 1 atom stereocenters. The number of rotatable bonds is 7. The number of halogens is 1. The minimum absolute atomic E-state index is 0.0608. The Bertz CT molecular complexity index is 728. The van der Waals surface area contributed by atoms with E-state index in [9.17, 15) is 19.5 Å². The minimum Gasteiger partial charge on any atom is -0.481 e. The fourth-order valence-corrected chi connectivity index (χ4v) is 3.21. The van der Waals surface area contributed by atoms with Crippen molar-refractivity contribution in [1.29, 1.82) is 0 Å². The highest BCUT2D eigenvalue weighted by molar-refractivity contribution is 9.10. The Morgan fingerprint density at radius 1 is 0.958 bits per heavy atom. The van der Waals surface area contributed by atoms with Crippen molar-refractivity contribution < 1.29 is 19.5 Å². The molecule has 2 aromatic carbocycles. The van der Waals surface area contributed by atoms with Crippen molar-refractivity contribution in [3.63, 3.8) is 0 Å². The van der Waals surface area contributed by atoms with E-state index in [0.29, 0.717) is 11.1 Å². The van der Waals surface area contributed by atoms with Gasteiger partial charge in [-0.05, 0) is 12.1 Å². The Balaban J connectivity index is 1.97. The van der Waals surface area contributed by atoms with E-state index in [1.54, 1.807) is 54.6 Å². The third-order valence-electron chi connectivity index (χ3n) is 3.37. The van der Waals surface area contributed by atoms with Gasteiger partial charge in [-0.3, -0.25) is 14.4 Å². The third-order valence-corrected chi connectivity index (χ3v) is 4.97. The van der Waals surface area contributed by atoms with Crippen LogP contribution < -0.4 is 0 Å². The summed E-state index contributed by atoms with van der Waals surface area (Å²) in [5.41, 5.74) is 0.981. The number of carbonyl (C=O) groups excluding carboxylic acids is 2. The molecule has 1 unspecified atom stereocenters. The maximum absolute atomic E-state index is 12.2. The van der Waals surface area contributed by atoms with Gasteiger partial charge in [0.25, 0.3) is 0 Å². The van der Waals surface area contributed by atoms with Gasteiger partial charge in [0.1, 0.15) is 0 Å². The number of Topliss-reactive ketones (excluding diaryl/α,β-unsaturated/α-hetero) is 1. The molecule has 0 saturated carbocycles. The Labute approximate surface area is 152 Å². The lowest BCUT2D eigenvalue weighted by Crippen LogP contribution is -2.21. The van der Waals surface area contributed by atoms with E-state index in [4.69, 9.17) is 0 Å². The normalized spacial score (nSPS) is 11.7. The summed E-state index contributed by atoms with van der Waals surface area (Å²) in [6.07, 6.45) is -0.133. The molecule has 0 fully saturated rings. The Morgan fingerprint density at radius 2 is 1.58 bits per heavy atom. The van der Waals surface area contributed by atoms with Crippen molar-refractivity contribution in [3.05, 3.63) is 70.2 Å². The minimum atomic E-state index is -1.08. The predicted molar refractivity (Wildman–Crippen MR) is 97.4 cm³/mol. The maximum atomic E-state index is 12.2. The number of carboxylic acids is 1. The largest absolute Gasteiger partial charge is 0.481 e. The second-order valence-corrected chi connectivity index (χ2v) is 7.04. The molecule has 2 aromatic rings. The maximum Gasteiger partial charge on any atom is 0.307 e. The molecule has 0 bridgehead atoms. The first kappa shape index (κ1) is 18.4. The zero-order valence-corrected chi connectivity index (χ0v) is 15.0. The molecule has 4 nitrogen and oxygen atoms in total. The average Bonchev–Trinajstić information content (AvgIpc) is 2.59. The van der Waals surface area contributed by atoms with Crippen LogP contribution in [-0.4, -0.2) is 27.7 Å². The quantitative estimate of drug-likeness (QED) is 0.694. The van der Waals surface area contributed by atoms with Crippen LogP contribution in [-0.2, 0) is 4.79 Å². The van der Waals surface area contributed by atoms with Gasteiger partial charge in [0.15, 0.2) is 5.78 Å². The second kappa shape index (κ2) is 8.80. The van der Waals surface area contributed by atoms with Crippen LogP contribution in [0.4, 0.5) is 0 Å². The summed E-state index contributed by atoms with van der Waals surface area (Å²) in [6, 6.07) is 15.4. The number of aliphatic carboxylic acids is 1. The molecule has 2 rings (SSSR count). The van der Waals surface area contributed by atoms with Gasteiger partial charge in [0.05, 0.1) is 5.92 Å². The summed E-state index contributed by atoms with van der Waals surface area (Å²) in [4.78, 5) is 35.6. The van der Waals surface area contributed by atoms with Crippen molar-refractivity contribution in [2.75, 3.05) is 5.75 Å². The fourth-order valence-electron chi connectivity index (χ4n) is 2.03. The standard InChI is InChI=1S/C18H15BrO4S/c19-15-8-6-12(7-9-15)16(20)10-14(17(21)22)11-24-18(23)13-4-2-1-3-5-13/h1-9,14H,10-11H2,(H,21,22). The molecule has 0 aliphatic heterocycles. The van der Waals surface area contributed by atoms with Crippen LogP contribution in [0.3, 0.4) is 0 Å². The van der Waals surface area contributed by atoms with Crippen LogP contribution in [0.2, 0.25) is 0 Å². The average molecular weight is 407 g/mol. The molecule has 0 spiro atoms. The van der Waals surface area contributed by atoms with Gasteiger partial charge in [-0.15, -0.1) is 0 Å². The van der Waals surface area contributed by atoms with E-state index < -0.39 is 11.9 Å². The summed E-state index contributed by atoms with van der Waals surface area (Å²) in [7, 11) is 0. The first-order valence-corrected chi connectivity index (χ1v) is 8.99. The Morgan fingerprint density at radius 3 is 2.17 bits per heavy atom. The van der Waals surface area contributed by atoms with Gasteiger partial charge >= 0.3 is 5.97 Å². The van der Waals surface area contributed by atoms with E-state index in [2.05, 4.69) is 15.9 Å². The smallest absolute Gasteiger partial charge is 0.307 e. The van der Waals surface area contributed by atoms with Crippen molar-refractivity contribution in [2.24, 2.45) is 5.92 Å². The third kappa shape index (κ3) is 5.32. The molecule has 0 aromatic heterocycles. The number of carboxylic acid groups (broad SMARTS) is 1. The van der Waals surface area contributed by atoms with Crippen molar-refractivity contribution in [3.8, 4) is 0 Å². The molecular formula is C18H15BrO4S. The molecular weight excluding hydrogens is 392 g/mol. The monoisotopic (exact) mass is 406 g/mol. The van der Waals surface area contributed by atoms with Crippen LogP contribution in [0, 0.1) is 5.92 Å². The molecule has 1 N–H and O–H groups in total. The van der Waals surface area contributed by atoms with Crippen LogP contribution in [0.1, 0.15) is 27.1 Å². The SMILES string of the molecule is O=C(CC(CSC(=O)c1ccccc1)C(=O)O)c1ccc(Br)cc1. The van der Waals surface area contributed by atoms with Crippen LogP contribution >= 0.6 is 27.7 Å². The Hall–Kier alpha value is -1.92. The van der Waals surface area contributed by atoms with Gasteiger partial charge in [0, 0.05) is 27.8 Å². The van der Waals surface area contributed by atoms with Crippen molar-refractivity contribution in [1.82, 2.24) is 0 Å². The zero-order chi connectivity index (χ0) is 17.5. The molecule has 24 heavy (non-hydrogen) atoms. The second-order valence-electron chi connectivity index (χ2n) is 5.13. The molecule has 6 heteroatoms.